The van der Waals surface area contributed by atoms with Crippen LogP contribution < -0.4 is 0 Å². The maximum Gasteiger partial charge on any atom is 0.138 e. The summed E-state index contributed by atoms with van der Waals surface area (Å²) >= 11 is 0. The molecule has 4 heteroatoms. The first kappa shape index (κ1) is 17.1. The van der Waals surface area contributed by atoms with Crippen LogP contribution in [0.4, 0.5) is 0 Å². The second-order valence-electron chi connectivity index (χ2n) is 5.82. The zero-order valence-corrected chi connectivity index (χ0v) is 13.4. The Bertz CT molecular complexity index is 297. The molecule has 20 heavy (non-hydrogen) atoms. The van der Waals surface area contributed by atoms with Crippen LogP contribution in [-0.2, 0) is 0 Å². The van der Waals surface area contributed by atoms with Crippen molar-refractivity contribution in [1.29, 1.82) is 0 Å². The summed E-state index contributed by atoms with van der Waals surface area (Å²) in [4.78, 5) is 0. The van der Waals surface area contributed by atoms with E-state index in [0.29, 0.717) is 6.04 Å². The SMILES string of the molecule is CCCCCCCCCCCCC(CC)n1cnnn1. The molecule has 0 aliphatic carbocycles. The van der Waals surface area contributed by atoms with E-state index in [1.54, 1.807) is 6.33 Å². The summed E-state index contributed by atoms with van der Waals surface area (Å²) in [6.07, 6.45) is 18.0. The smallest absolute Gasteiger partial charge is 0.138 e. The average molecular weight is 280 g/mol. The highest BCUT2D eigenvalue weighted by Gasteiger charge is 2.08. The minimum Gasteiger partial charge on any atom is -0.229 e. The van der Waals surface area contributed by atoms with Crippen molar-refractivity contribution in [2.75, 3.05) is 0 Å². The van der Waals surface area contributed by atoms with Gasteiger partial charge in [-0.2, -0.15) is 0 Å². The van der Waals surface area contributed by atoms with E-state index in [2.05, 4.69) is 29.4 Å². The monoisotopic (exact) mass is 280 g/mol. The predicted octanol–water partition coefficient (Wildman–Crippen LogP) is 4.94. The van der Waals surface area contributed by atoms with Crippen LogP contribution in [0.15, 0.2) is 6.33 Å². The molecule has 0 aliphatic rings. The summed E-state index contributed by atoms with van der Waals surface area (Å²) in [5.74, 6) is 0. The van der Waals surface area contributed by atoms with Crippen LogP contribution >= 0.6 is 0 Å². The van der Waals surface area contributed by atoms with Crippen LogP contribution in [0.1, 0.15) is 96.9 Å². The molecule has 1 atom stereocenters. The molecule has 4 nitrogen and oxygen atoms in total. The molecule has 0 aliphatic heterocycles. The van der Waals surface area contributed by atoms with Gasteiger partial charge in [0, 0.05) is 0 Å². The minimum absolute atomic E-state index is 0.485. The number of hydrogen-bond donors (Lipinski definition) is 0. The van der Waals surface area contributed by atoms with Crippen LogP contribution in [0.25, 0.3) is 0 Å². The van der Waals surface area contributed by atoms with Crippen molar-refractivity contribution in [1.82, 2.24) is 20.2 Å². The Labute approximate surface area is 124 Å². The molecule has 1 heterocycles. The van der Waals surface area contributed by atoms with Gasteiger partial charge in [-0.3, -0.25) is 0 Å². The minimum atomic E-state index is 0.485. The summed E-state index contributed by atoms with van der Waals surface area (Å²) in [5, 5.41) is 11.5. The molecular formula is C16H32N4. The van der Waals surface area contributed by atoms with Gasteiger partial charge in [0.1, 0.15) is 6.33 Å². The van der Waals surface area contributed by atoms with Crippen molar-refractivity contribution in [3.05, 3.63) is 6.33 Å². The first-order valence-corrected chi connectivity index (χ1v) is 8.61. The van der Waals surface area contributed by atoms with Crippen LogP contribution in [0.2, 0.25) is 0 Å². The van der Waals surface area contributed by atoms with E-state index in [0.717, 1.165) is 6.42 Å². The standard InChI is InChI=1S/C16H32N4/c1-3-5-6-7-8-9-10-11-12-13-14-16(4-2)20-15-17-18-19-20/h15-16H,3-14H2,1-2H3. The molecule has 0 saturated heterocycles. The molecule has 0 aromatic carbocycles. The van der Waals surface area contributed by atoms with Gasteiger partial charge in [0.05, 0.1) is 6.04 Å². The van der Waals surface area contributed by atoms with Gasteiger partial charge in [-0.1, -0.05) is 78.1 Å². The van der Waals surface area contributed by atoms with Gasteiger partial charge in [-0.25, -0.2) is 4.68 Å². The summed E-state index contributed by atoms with van der Waals surface area (Å²) in [5.41, 5.74) is 0. The lowest BCUT2D eigenvalue weighted by molar-refractivity contribution is 0.385. The summed E-state index contributed by atoms with van der Waals surface area (Å²) in [6.45, 7) is 4.49. The largest absolute Gasteiger partial charge is 0.229 e. The number of nitrogens with zero attached hydrogens (tertiary/aromatic N) is 4. The van der Waals surface area contributed by atoms with E-state index < -0.39 is 0 Å². The molecule has 0 bridgehead atoms. The van der Waals surface area contributed by atoms with E-state index in [4.69, 9.17) is 0 Å². The summed E-state index contributed by atoms with van der Waals surface area (Å²) in [7, 11) is 0. The zero-order chi connectivity index (χ0) is 14.5. The van der Waals surface area contributed by atoms with Gasteiger partial charge in [0.2, 0.25) is 0 Å². The van der Waals surface area contributed by atoms with Crippen LogP contribution in [-0.4, -0.2) is 20.2 Å². The van der Waals surface area contributed by atoms with Gasteiger partial charge in [0.25, 0.3) is 0 Å². The Morgan fingerprint density at radius 1 is 0.850 bits per heavy atom. The molecule has 0 N–H and O–H groups in total. The lowest BCUT2D eigenvalue weighted by Crippen LogP contribution is -2.08. The molecule has 1 aromatic heterocycles. The first-order chi connectivity index (χ1) is 9.88. The zero-order valence-electron chi connectivity index (χ0n) is 13.4. The molecular weight excluding hydrogens is 248 g/mol. The van der Waals surface area contributed by atoms with Crippen molar-refractivity contribution in [3.8, 4) is 0 Å². The Morgan fingerprint density at radius 2 is 1.45 bits per heavy atom. The van der Waals surface area contributed by atoms with E-state index >= 15 is 0 Å². The van der Waals surface area contributed by atoms with Crippen molar-refractivity contribution >= 4 is 0 Å². The van der Waals surface area contributed by atoms with E-state index in [9.17, 15) is 0 Å². The van der Waals surface area contributed by atoms with Crippen molar-refractivity contribution in [2.45, 2.75) is 96.9 Å². The van der Waals surface area contributed by atoms with Crippen molar-refractivity contribution < 1.29 is 0 Å². The van der Waals surface area contributed by atoms with Crippen LogP contribution in [0.5, 0.6) is 0 Å². The maximum absolute atomic E-state index is 4.01. The van der Waals surface area contributed by atoms with Gasteiger partial charge in [-0.05, 0) is 23.3 Å². The number of aromatic nitrogens is 4. The number of hydrogen-bond acceptors (Lipinski definition) is 3. The highest BCUT2D eigenvalue weighted by Crippen LogP contribution is 2.18. The highest BCUT2D eigenvalue weighted by atomic mass is 15.5. The Hall–Kier alpha value is -0.930. The topological polar surface area (TPSA) is 43.6 Å². The lowest BCUT2D eigenvalue weighted by atomic mass is 10.0. The molecule has 1 aromatic rings. The maximum atomic E-state index is 4.01. The van der Waals surface area contributed by atoms with E-state index in [1.165, 1.54) is 70.6 Å². The van der Waals surface area contributed by atoms with Gasteiger partial charge in [0.15, 0.2) is 0 Å². The molecule has 0 amide bonds. The first-order valence-electron chi connectivity index (χ1n) is 8.61. The number of rotatable bonds is 13. The van der Waals surface area contributed by atoms with Gasteiger partial charge < -0.3 is 0 Å². The quantitative estimate of drug-likeness (QED) is 0.481. The third kappa shape index (κ3) is 7.61. The molecule has 0 spiro atoms. The van der Waals surface area contributed by atoms with E-state index in [-0.39, 0.29) is 0 Å². The fourth-order valence-electron chi connectivity index (χ4n) is 2.73. The molecule has 116 valence electrons. The average Bonchev–Trinajstić information content (AvgIpc) is 2.99. The molecule has 1 unspecified atom stereocenters. The second kappa shape index (κ2) is 11.9. The fraction of sp³-hybridized carbons (Fsp3) is 0.938. The molecule has 0 fully saturated rings. The van der Waals surface area contributed by atoms with Crippen molar-refractivity contribution in [3.63, 3.8) is 0 Å². The molecule has 1 rings (SSSR count). The Kier molecular flexibility index (Phi) is 10.2. The highest BCUT2D eigenvalue weighted by molar-refractivity contribution is 4.64. The Balaban J connectivity index is 1.91. The third-order valence-electron chi connectivity index (χ3n) is 4.10. The predicted molar refractivity (Wildman–Crippen MR) is 83.6 cm³/mol. The van der Waals surface area contributed by atoms with Crippen LogP contribution in [0.3, 0.4) is 0 Å². The van der Waals surface area contributed by atoms with Crippen molar-refractivity contribution in [2.24, 2.45) is 0 Å². The summed E-state index contributed by atoms with van der Waals surface area (Å²) < 4.78 is 1.91. The van der Waals surface area contributed by atoms with E-state index in [1.807, 2.05) is 4.68 Å². The van der Waals surface area contributed by atoms with Crippen LogP contribution in [0, 0.1) is 0 Å². The third-order valence-corrected chi connectivity index (χ3v) is 4.10. The fourth-order valence-corrected chi connectivity index (χ4v) is 2.73. The lowest BCUT2D eigenvalue weighted by Gasteiger charge is -2.13. The van der Waals surface area contributed by atoms with Gasteiger partial charge >= 0.3 is 0 Å². The summed E-state index contributed by atoms with van der Waals surface area (Å²) in [6, 6.07) is 0.485. The Morgan fingerprint density at radius 3 is 1.95 bits per heavy atom. The number of tetrazole rings is 1. The van der Waals surface area contributed by atoms with Gasteiger partial charge in [-0.15, -0.1) is 5.10 Å². The molecule has 0 radical (unpaired) electrons. The number of unbranched alkanes of at least 4 members (excludes halogenated alkanes) is 9. The normalized spacial score (nSPS) is 12.7. The molecule has 0 saturated carbocycles. The second-order valence-corrected chi connectivity index (χ2v) is 5.82.